The summed E-state index contributed by atoms with van der Waals surface area (Å²) in [6.07, 6.45) is 3.83. The zero-order valence-corrected chi connectivity index (χ0v) is 12.7. The van der Waals surface area contributed by atoms with Gasteiger partial charge in [0.1, 0.15) is 0 Å². The molecular weight excluding hydrogens is 306 g/mol. The van der Waals surface area contributed by atoms with Gasteiger partial charge in [0, 0.05) is 28.8 Å². The summed E-state index contributed by atoms with van der Waals surface area (Å²) in [6, 6.07) is 5.98. The van der Waals surface area contributed by atoms with E-state index in [1.54, 1.807) is 0 Å². The van der Waals surface area contributed by atoms with Crippen molar-refractivity contribution in [1.82, 2.24) is 0 Å². The van der Waals surface area contributed by atoms with Crippen LogP contribution in [0.15, 0.2) is 27.8 Å². The number of halogens is 1. The van der Waals surface area contributed by atoms with E-state index in [4.69, 9.17) is 10.9 Å². The van der Waals surface area contributed by atoms with Crippen LogP contribution in [0.1, 0.15) is 31.7 Å². The number of rotatable bonds is 6. The van der Waals surface area contributed by atoms with Crippen molar-refractivity contribution in [2.24, 2.45) is 16.8 Å². The third kappa shape index (κ3) is 3.62. The van der Waals surface area contributed by atoms with Gasteiger partial charge >= 0.3 is 0 Å². The van der Waals surface area contributed by atoms with Crippen LogP contribution in [0.3, 0.4) is 0 Å². The Bertz CT molecular complexity index is 472. The first-order valence-corrected chi connectivity index (χ1v) is 7.47. The zero-order valence-electron chi connectivity index (χ0n) is 11.1. The summed E-state index contributed by atoms with van der Waals surface area (Å²) >= 11 is 3.49. The second-order valence-corrected chi connectivity index (χ2v) is 5.89. The van der Waals surface area contributed by atoms with Crippen molar-refractivity contribution < 1.29 is 5.21 Å². The van der Waals surface area contributed by atoms with E-state index in [1.807, 2.05) is 18.2 Å². The Labute approximate surface area is 122 Å². The lowest BCUT2D eigenvalue weighted by Gasteiger charge is -2.25. The highest BCUT2D eigenvalue weighted by Crippen LogP contribution is 2.32. The van der Waals surface area contributed by atoms with Crippen LogP contribution in [-0.4, -0.2) is 24.1 Å². The molecular formula is C14H20BrN3O. The maximum Gasteiger partial charge on any atom is 0.171 e. The molecule has 19 heavy (non-hydrogen) atoms. The molecule has 1 aliphatic rings. The van der Waals surface area contributed by atoms with Gasteiger partial charge in [0.25, 0.3) is 0 Å². The van der Waals surface area contributed by atoms with Crippen molar-refractivity contribution >= 4 is 27.5 Å². The average molecular weight is 326 g/mol. The quantitative estimate of drug-likeness (QED) is 0.365. The first-order valence-electron chi connectivity index (χ1n) is 6.68. The molecule has 2 rings (SSSR count). The fraction of sp³-hybridized carbons (Fsp3) is 0.500. The molecule has 0 radical (unpaired) electrons. The highest BCUT2D eigenvalue weighted by Gasteiger charge is 2.24. The predicted octanol–water partition coefficient (Wildman–Crippen LogP) is 3.17. The van der Waals surface area contributed by atoms with E-state index in [-0.39, 0.29) is 5.84 Å². The maximum absolute atomic E-state index is 8.73. The fourth-order valence-corrected chi connectivity index (χ4v) is 2.74. The molecule has 0 bridgehead atoms. The Balaban J connectivity index is 2.20. The Morgan fingerprint density at radius 1 is 1.53 bits per heavy atom. The largest absolute Gasteiger partial charge is 0.409 e. The number of nitrogens with zero attached hydrogens (tertiary/aromatic N) is 2. The number of anilines is 1. The monoisotopic (exact) mass is 325 g/mol. The van der Waals surface area contributed by atoms with Gasteiger partial charge in [-0.15, -0.1) is 0 Å². The Morgan fingerprint density at radius 2 is 2.26 bits per heavy atom. The molecule has 0 unspecified atom stereocenters. The van der Waals surface area contributed by atoms with E-state index in [9.17, 15) is 0 Å². The second kappa shape index (κ2) is 6.28. The van der Waals surface area contributed by atoms with E-state index in [1.165, 1.54) is 18.5 Å². The maximum atomic E-state index is 8.73. The molecule has 1 fully saturated rings. The molecule has 0 aromatic heterocycles. The minimum atomic E-state index is 0.127. The van der Waals surface area contributed by atoms with Crippen LogP contribution in [0.2, 0.25) is 0 Å². The number of benzene rings is 1. The summed E-state index contributed by atoms with van der Waals surface area (Å²) in [7, 11) is 0. The number of hydrogen-bond donors (Lipinski definition) is 2. The Hall–Kier alpha value is -1.23. The van der Waals surface area contributed by atoms with E-state index in [0.29, 0.717) is 5.56 Å². The standard InChI is InChI=1S/C14H20BrN3O/c1-2-7-18(9-10-3-4-10)11-5-6-12(13(15)8-11)14(16)17-19/h5-6,8,10,19H,2-4,7,9H2,1H3,(H2,16,17). The van der Waals surface area contributed by atoms with Crippen molar-refractivity contribution in [3.05, 3.63) is 28.2 Å². The normalized spacial score (nSPS) is 15.6. The number of amidine groups is 1. The molecule has 1 aromatic rings. The van der Waals surface area contributed by atoms with Crippen LogP contribution >= 0.6 is 15.9 Å². The van der Waals surface area contributed by atoms with E-state index >= 15 is 0 Å². The second-order valence-electron chi connectivity index (χ2n) is 5.04. The topological polar surface area (TPSA) is 61.8 Å². The predicted molar refractivity (Wildman–Crippen MR) is 81.9 cm³/mol. The van der Waals surface area contributed by atoms with Gasteiger partial charge in [-0.3, -0.25) is 0 Å². The first-order chi connectivity index (χ1) is 9.15. The van der Waals surface area contributed by atoms with Gasteiger partial charge in [0.2, 0.25) is 0 Å². The van der Waals surface area contributed by atoms with Crippen molar-refractivity contribution in [3.8, 4) is 0 Å². The van der Waals surface area contributed by atoms with Gasteiger partial charge in [-0.05, 0) is 59.3 Å². The van der Waals surface area contributed by atoms with Gasteiger partial charge in [-0.1, -0.05) is 12.1 Å². The van der Waals surface area contributed by atoms with Crippen molar-refractivity contribution in [2.45, 2.75) is 26.2 Å². The Kier molecular flexibility index (Phi) is 4.69. The van der Waals surface area contributed by atoms with Crippen LogP contribution in [-0.2, 0) is 0 Å². The summed E-state index contributed by atoms with van der Waals surface area (Å²) in [4.78, 5) is 2.42. The van der Waals surface area contributed by atoms with Crippen LogP contribution in [0.5, 0.6) is 0 Å². The van der Waals surface area contributed by atoms with Gasteiger partial charge in [0.05, 0.1) is 0 Å². The van der Waals surface area contributed by atoms with Crippen molar-refractivity contribution in [3.63, 3.8) is 0 Å². The van der Waals surface area contributed by atoms with Crippen LogP contribution in [0.25, 0.3) is 0 Å². The molecule has 104 valence electrons. The fourth-order valence-electron chi connectivity index (χ4n) is 2.17. The number of oxime groups is 1. The van der Waals surface area contributed by atoms with Gasteiger partial charge in [-0.25, -0.2) is 0 Å². The lowest BCUT2D eigenvalue weighted by Crippen LogP contribution is -2.26. The molecule has 3 N–H and O–H groups in total. The van der Waals surface area contributed by atoms with Crippen molar-refractivity contribution in [1.29, 1.82) is 0 Å². The molecule has 1 saturated carbocycles. The molecule has 0 aliphatic heterocycles. The summed E-state index contributed by atoms with van der Waals surface area (Å²) in [5.74, 6) is 0.983. The molecule has 5 heteroatoms. The van der Waals surface area contributed by atoms with Gasteiger partial charge in [0.15, 0.2) is 5.84 Å². The molecule has 0 spiro atoms. The molecule has 0 heterocycles. The van der Waals surface area contributed by atoms with E-state index in [2.05, 4.69) is 32.9 Å². The summed E-state index contributed by atoms with van der Waals surface area (Å²) in [5, 5.41) is 11.8. The molecule has 1 aromatic carbocycles. The van der Waals surface area contributed by atoms with Crippen LogP contribution in [0.4, 0.5) is 5.69 Å². The smallest absolute Gasteiger partial charge is 0.171 e. The molecule has 4 nitrogen and oxygen atoms in total. The third-order valence-corrected chi connectivity index (χ3v) is 4.03. The molecule has 0 saturated heterocycles. The number of hydrogen-bond acceptors (Lipinski definition) is 3. The number of nitrogens with two attached hydrogens (primary N) is 1. The Morgan fingerprint density at radius 3 is 2.79 bits per heavy atom. The summed E-state index contributed by atoms with van der Waals surface area (Å²) in [6.45, 7) is 4.38. The molecule has 0 amide bonds. The lowest BCUT2D eigenvalue weighted by molar-refractivity contribution is 0.318. The van der Waals surface area contributed by atoms with Gasteiger partial charge < -0.3 is 15.8 Å². The summed E-state index contributed by atoms with van der Waals surface area (Å²) in [5.41, 5.74) is 7.53. The molecule has 1 aliphatic carbocycles. The minimum absolute atomic E-state index is 0.127. The highest BCUT2D eigenvalue weighted by molar-refractivity contribution is 9.10. The highest BCUT2D eigenvalue weighted by atomic mass is 79.9. The lowest BCUT2D eigenvalue weighted by atomic mass is 10.1. The van der Waals surface area contributed by atoms with E-state index in [0.717, 1.165) is 29.9 Å². The SMILES string of the molecule is CCCN(CC1CC1)c1ccc(/C(N)=N/O)c(Br)c1. The van der Waals surface area contributed by atoms with E-state index < -0.39 is 0 Å². The average Bonchev–Trinajstić information content (AvgIpc) is 3.21. The third-order valence-electron chi connectivity index (χ3n) is 3.37. The van der Waals surface area contributed by atoms with Crippen molar-refractivity contribution in [2.75, 3.05) is 18.0 Å². The van der Waals surface area contributed by atoms with Crippen LogP contribution in [0, 0.1) is 5.92 Å². The van der Waals surface area contributed by atoms with Gasteiger partial charge in [-0.2, -0.15) is 0 Å². The first kappa shape index (κ1) is 14.2. The minimum Gasteiger partial charge on any atom is -0.409 e. The van der Waals surface area contributed by atoms with Crippen LogP contribution < -0.4 is 10.6 Å². The molecule has 0 atom stereocenters. The summed E-state index contributed by atoms with van der Waals surface area (Å²) < 4.78 is 0.859. The zero-order chi connectivity index (χ0) is 13.8.